The molecule has 152 valence electrons. The van der Waals surface area contributed by atoms with E-state index in [1.807, 2.05) is 31.2 Å². The molecule has 2 N–H and O–H groups in total. The van der Waals surface area contributed by atoms with Gasteiger partial charge >= 0.3 is 0 Å². The fraction of sp³-hybridized carbons (Fsp3) is 0.304. The average molecular weight is 393 g/mol. The zero-order valence-corrected chi connectivity index (χ0v) is 17.7. The first-order valence-electron chi connectivity index (χ1n) is 9.63. The molecule has 29 heavy (non-hydrogen) atoms. The maximum absolute atomic E-state index is 5.37. The molecule has 0 fully saturated rings. The fourth-order valence-corrected chi connectivity index (χ4v) is 3.08. The van der Waals surface area contributed by atoms with Gasteiger partial charge in [0, 0.05) is 24.0 Å². The van der Waals surface area contributed by atoms with Gasteiger partial charge in [-0.2, -0.15) is 4.98 Å². The second-order valence-corrected chi connectivity index (χ2v) is 7.03. The Morgan fingerprint density at radius 3 is 2.41 bits per heavy atom. The van der Waals surface area contributed by atoms with Crippen LogP contribution in [-0.2, 0) is 6.42 Å². The van der Waals surface area contributed by atoms with Crippen molar-refractivity contribution in [1.29, 1.82) is 0 Å². The Bertz CT molecular complexity index is 989. The van der Waals surface area contributed by atoms with Gasteiger partial charge in [0.2, 0.25) is 5.95 Å². The van der Waals surface area contributed by atoms with E-state index < -0.39 is 0 Å². The number of methoxy groups -OCH3 is 2. The molecule has 0 aliphatic carbocycles. The lowest BCUT2D eigenvalue weighted by atomic mass is 10.1. The normalized spacial score (nSPS) is 10.5. The van der Waals surface area contributed by atoms with Crippen LogP contribution >= 0.6 is 0 Å². The number of aromatic nitrogens is 2. The molecule has 6 nitrogen and oxygen atoms in total. The van der Waals surface area contributed by atoms with Gasteiger partial charge in [0.05, 0.1) is 14.2 Å². The van der Waals surface area contributed by atoms with Crippen molar-refractivity contribution in [2.45, 2.75) is 27.2 Å². The summed E-state index contributed by atoms with van der Waals surface area (Å²) in [6.45, 7) is 6.85. The minimum Gasteiger partial charge on any atom is -0.493 e. The zero-order valence-electron chi connectivity index (χ0n) is 17.7. The topological polar surface area (TPSA) is 68.3 Å². The van der Waals surface area contributed by atoms with Crippen molar-refractivity contribution >= 4 is 17.5 Å². The van der Waals surface area contributed by atoms with Crippen molar-refractivity contribution in [1.82, 2.24) is 9.97 Å². The van der Waals surface area contributed by atoms with Crippen LogP contribution in [-0.4, -0.2) is 30.7 Å². The van der Waals surface area contributed by atoms with E-state index in [1.165, 1.54) is 5.56 Å². The number of ether oxygens (including phenoxy) is 2. The molecule has 0 unspecified atom stereocenters. The van der Waals surface area contributed by atoms with Gasteiger partial charge in [-0.05, 0) is 62.1 Å². The summed E-state index contributed by atoms with van der Waals surface area (Å²) >= 11 is 0. The average Bonchev–Trinajstić information content (AvgIpc) is 2.70. The van der Waals surface area contributed by atoms with E-state index in [1.54, 1.807) is 14.2 Å². The number of hydrogen-bond donors (Lipinski definition) is 2. The van der Waals surface area contributed by atoms with Gasteiger partial charge in [-0.1, -0.05) is 18.2 Å². The van der Waals surface area contributed by atoms with Crippen LogP contribution in [0.15, 0.2) is 42.5 Å². The Balaban J connectivity index is 1.66. The Hall–Kier alpha value is -3.28. The van der Waals surface area contributed by atoms with Crippen LogP contribution in [0.5, 0.6) is 11.5 Å². The summed E-state index contributed by atoms with van der Waals surface area (Å²) in [5.74, 6) is 2.86. The highest BCUT2D eigenvalue weighted by atomic mass is 16.5. The second-order valence-electron chi connectivity index (χ2n) is 7.03. The van der Waals surface area contributed by atoms with Gasteiger partial charge in [-0.25, -0.2) is 4.98 Å². The Morgan fingerprint density at radius 1 is 0.862 bits per heavy atom. The largest absolute Gasteiger partial charge is 0.493 e. The molecule has 3 rings (SSSR count). The number of anilines is 3. The zero-order chi connectivity index (χ0) is 20.8. The van der Waals surface area contributed by atoms with Crippen LogP contribution in [0.3, 0.4) is 0 Å². The lowest BCUT2D eigenvalue weighted by molar-refractivity contribution is 0.354. The van der Waals surface area contributed by atoms with Crippen molar-refractivity contribution in [2.75, 3.05) is 31.4 Å². The molecule has 0 saturated heterocycles. The summed E-state index contributed by atoms with van der Waals surface area (Å²) in [6, 6.07) is 14.2. The summed E-state index contributed by atoms with van der Waals surface area (Å²) in [7, 11) is 3.29. The second kappa shape index (κ2) is 9.28. The lowest BCUT2D eigenvalue weighted by Gasteiger charge is -2.13. The van der Waals surface area contributed by atoms with E-state index in [-0.39, 0.29) is 0 Å². The fourth-order valence-electron chi connectivity index (χ4n) is 3.08. The molecule has 0 aliphatic heterocycles. The number of nitrogens with zero attached hydrogens (tertiary/aromatic N) is 2. The molecule has 0 spiro atoms. The molecule has 1 aromatic heterocycles. The summed E-state index contributed by atoms with van der Waals surface area (Å²) in [5, 5.41) is 6.73. The van der Waals surface area contributed by atoms with Crippen LogP contribution in [0.2, 0.25) is 0 Å². The number of rotatable bonds is 8. The van der Waals surface area contributed by atoms with E-state index >= 15 is 0 Å². The van der Waals surface area contributed by atoms with Crippen LogP contribution in [0, 0.1) is 20.8 Å². The Morgan fingerprint density at radius 2 is 1.66 bits per heavy atom. The lowest BCUT2D eigenvalue weighted by Crippen LogP contribution is -2.09. The van der Waals surface area contributed by atoms with Crippen LogP contribution < -0.4 is 20.1 Å². The maximum atomic E-state index is 5.37. The highest BCUT2D eigenvalue weighted by Gasteiger charge is 2.07. The monoisotopic (exact) mass is 392 g/mol. The van der Waals surface area contributed by atoms with E-state index in [0.29, 0.717) is 5.95 Å². The Labute approximate surface area is 172 Å². The molecule has 0 atom stereocenters. The molecule has 0 amide bonds. The van der Waals surface area contributed by atoms with Gasteiger partial charge in [0.25, 0.3) is 0 Å². The molecular weight excluding hydrogens is 364 g/mol. The number of nitrogens with one attached hydrogen (secondary N) is 2. The molecule has 3 aromatic rings. The summed E-state index contributed by atoms with van der Waals surface area (Å²) in [5.41, 5.74) is 5.44. The van der Waals surface area contributed by atoms with Crippen molar-refractivity contribution < 1.29 is 9.47 Å². The van der Waals surface area contributed by atoms with Gasteiger partial charge in [0.1, 0.15) is 5.82 Å². The molecule has 0 bridgehead atoms. The molecule has 0 saturated carbocycles. The number of hydrogen-bond acceptors (Lipinski definition) is 6. The molecule has 0 radical (unpaired) electrons. The quantitative estimate of drug-likeness (QED) is 0.573. The molecule has 1 heterocycles. The minimum absolute atomic E-state index is 0.590. The molecule has 0 aliphatic rings. The smallest absolute Gasteiger partial charge is 0.229 e. The first-order valence-corrected chi connectivity index (χ1v) is 9.63. The number of benzene rings is 2. The first-order chi connectivity index (χ1) is 14.0. The Kier molecular flexibility index (Phi) is 6.54. The van der Waals surface area contributed by atoms with Gasteiger partial charge < -0.3 is 20.1 Å². The first kappa shape index (κ1) is 20.5. The van der Waals surface area contributed by atoms with E-state index in [0.717, 1.165) is 52.8 Å². The van der Waals surface area contributed by atoms with Gasteiger partial charge in [0.15, 0.2) is 11.5 Å². The van der Waals surface area contributed by atoms with Crippen molar-refractivity contribution in [2.24, 2.45) is 0 Å². The summed E-state index contributed by atoms with van der Waals surface area (Å²) < 4.78 is 10.7. The maximum Gasteiger partial charge on any atom is 0.229 e. The predicted molar refractivity (Wildman–Crippen MR) is 118 cm³/mol. The van der Waals surface area contributed by atoms with Crippen molar-refractivity contribution in [3.05, 3.63) is 64.8 Å². The molecular formula is C23H28N4O2. The molecule has 2 aromatic carbocycles. The highest BCUT2D eigenvalue weighted by Crippen LogP contribution is 2.27. The third-order valence-electron chi connectivity index (χ3n) is 4.66. The van der Waals surface area contributed by atoms with E-state index in [2.05, 4.69) is 52.6 Å². The summed E-state index contributed by atoms with van der Waals surface area (Å²) in [4.78, 5) is 9.13. The molecule has 6 heteroatoms. The van der Waals surface area contributed by atoms with Crippen molar-refractivity contribution in [3.63, 3.8) is 0 Å². The van der Waals surface area contributed by atoms with Gasteiger partial charge in [-0.15, -0.1) is 0 Å². The van der Waals surface area contributed by atoms with E-state index in [4.69, 9.17) is 9.47 Å². The SMILES string of the molecule is COc1ccc(CCNc2cc(C)nc(Nc3cc(C)ccc3C)n2)cc1OC. The third-order valence-corrected chi connectivity index (χ3v) is 4.66. The predicted octanol–water partition coefficient (Wildman–Crippen LogP) is 4.82. The van der Waals surface area contributed by atoms with Crippen LogP contribution in [0.4, 0.5) is 17.5 Å². The minimum atomic E-state index is 0.590. The van der Waals surface area contributed by atoms with Gasteiger partial charge in [-0.3, -0.25) is 0 Å². The standard InChI is InChI=1S/C23H28N4O2/c1-15-6-7-16(2)19(12-15)26-23-25-17(3)13-22(27-23)24-11-10-18-8-9-20(28-4)21(14-18)29-5/h6-9,12-14H,10-11H2,1-5H3,(H2,24,25,26,27). The summed E-state index contributed by atoms with van der Waals surface area (Å²) in [6.07, 6.45) is 0.836. The van der Waals surface area contributed by atoms with Crippen LogP contribution in [0.25, 0.3) is 0 Å². The van der Waals surface area contributed by atoms with E-state index in [9.17, 15) is 0 Å². The van der Waals surface area contributed by atoms with Crippen LogP contribution in [0.1, 0.15) is 22.4 Å². The third kappa shape index (κ3) is 5.38. The highest BCUT2D eigenvalue weighted by molar-refractivity contribution is 5.60. The number of aryl methyl sites for hydroxylation is 3. The van der Waals surface area contributed by atoms with Crippen molar-refractivity contribution in [3.8, 4) is 11.5 Å².